The van der Waals surface area contributed by atoms with Gasteiger partial charge < -0.3 is 10.4 Å². The summed E-state index contributed by atoms with van der Waals surface area (Å²) in [5.41, 5.74) is 2.61. The van der Waals surface area contributed by atoms with E-state index in [-0.39, 0.29) is 12.3 Å². The summed E-state index contributed by atoms with van der Waals surface area (Å²) in [6.07, 6.45) is 0. The van der Waals surface area contributed by atoms with Crippen LogP contribution < -0.4 is 5.32 Å². The molecule has 0 aliphatic rings. The maximum atomic E-state index is 11.9. The van der Waals surface area contributed by atoms with Gasteiger partial charge in [-0.15, -0.1) is 11.3 Å². The zero-order valence-electron chi connectivity index (χ0n) is 16.4. The van der Waals surface area contributed by atoms with Gasteiger partial charge in [0.05, 0.1) is 27.0 Å². The van der Waals surface area contributed by atoms with E-state index in [1.54, 1.807) is 24.3 Å². The minimum Gasteiger partial charge on any atom is -0.506 e. The van der Waals surface area contributed by atoms with Crippen molar-refractivity contribution in [3.05, 3.63) is 63.5 Å². The van der Waals surface area contributed by atoms with Crippen molar-refractivity contribution in [2.75, 3.05) is 18.9 Å². The standard InChI is InChI=1S/C21H20ClN3O3S2/c1-4-30(27,28)25(3)13-16-8-5-9-17(20(16)22)23-10-6-7-15-11-18(26)21-19(12-15)29-14(2)24-21/h4-5,8-9,11-12,23,26H,1,10,13H2,2-3H3. The van der Waals surface area contributed by atoms with Gasteiger partial charge in [0.1, 0.15) is 11.3 Å². The van der Waals surface area contributed by atoms with Gasteiger partial charge in [0.2, 0.25) is 10.0 Å². The molecular formula is C21H20ClN3O3S2. The van der Waals surface area contributed by atoms with Crippen LogP contribution in [0.2, 0.25) is 5.02 Å². The molecule has 3 aromatic rings. The average molecular weight is 462 g/mol. The van der Waals surface area contributed by atoms with Crippen molar-refractivity contribution in [2.24, 2.45) is 0 Å². The SMILES string of the molecule is C=CS(=O)(=O)N(C)Cc1cccc(NCC#Cc2cc(O)c3nc(C)sc3c2)c1Cl. The first-order valence-corrected chi connectivity index (χ1v) is 11.6. The molecular weight excluding hydrogens is 442 g/mol. The molecule has 30 heavy (non-hydrogen) atoms. The Morgan fingerprint density at radius 1 is 1.40 bits per heavy atom. The number of nitrogens with one attached hydrogen (secondary N) is 1. The third-order valence-corrected chi connectivity index (χ3v) is 7.08. The Bertz CT molecular complexity index is 1270. The molecule has 0 radical (unpaired) electrons. The molecule has 156 valence electrons. The monoisotopic (exact) mass is 461 g/mol. The number of aromatic hydroxyl groups is 1. The second-order valence-electron chi connectivity index (χ2n) is 6.48. The molecule has 0 aliphatic carbocycles. The van der Waals surface area contributed by atoms with Crippen LogP contribution in [-0.4, -0.2) is 36.4 Å². The lowest BCUT2D eigenvalue weighted by atomic mass is 10.2. The zero-order valence-corrected chi connectivity index (χ0v) is 18.8. The van der Waals surface area contributed by atoms with Crippen molar-refractivity contribution in [1.29, 1.82) is 0 Å². The average Bonchev–Trinajstić information content (AvgIpc) is 3.08. The lowest BCUT2D eigenvalue weighted by molar-refractivity contribution is 0.475. The number of phenolic OH excluding ortho intramolecular Hbond substituents is 1. The van der Waals surface area contributed by atoms with Crippen LogP contribution in [0.4, 0.5) is 5.69 Å². The predicted octanol–water partition coefficient (Wildman–Crippen LogP) is 4.33. The van der Waals surface area contributed by atoms with E-state index in [0.717, 1.165) is 15.1 Å². The smallest absolute Gasteiger partial charge is 0.235 e. The molecule has 0 bridgehead atoms. The number of anilines is 1. The first kappa shape index (κ1) is 22.1. The fourth-order valence-electron chi connectivity index (χ4n) is 2.78. The first-order valence-electron chi connectivity index (χ1n) is 8.90. The Kier molecular flexibility index (Phi) is 6.68. The number of thiazole rings is 1. The largest absolute Gasteiger partial charge is 0.506 e. The predicted molar refractivity (Wildman–Crippen MR) is 123 cm³/mol. The number of hydrogen-bond donors (Lipinski definition) is 2. The van der Waals surface area contributed by atoms with Crippen LogP contribution in [0.5, 0.6) is 5.75 Å². The molecule has 9 heteroatoms. The molecule has 2 N–H and O–H groups in total. The maximum absolute atomic E-state index is 11.9. The van der Waals surface area contributed by atoms with Gasteiger partial charge in [0, 0.05) is 24.6 Å². The van der Waals surface area contributed by atoms with Gasteiger partial charge in [-0.05, 0) is 30.7 Å². The number of phenols is 1. The minimum atomic E-state index is -3.52. The number of aromatic nitrogens is 1. The number of fused-ring (bicyclic) bond motifs is 1. The minimum absolute atomic E-state index is 0.114. The topological polar surface area (TPSA) is 82.5 Å². The van der Waals surface area contributed by atoms with Gasteiger partial charge >= 0.3 is 0 Å². The van der Waals surface area contributed by atoms with Crippen LogP contribution in [0.25, 0.3) is 10.2 Å². The van der Waals surface area contributed by atoms with E-state index in [2.05, 4.69) is 28.7 Å². The van der Waals surface area contributed by atoms with E-state index in [0.29, 0.717) is 33.9 Å². The van der Waals surface area contributed by atoms with Crippen LogP contribution in [-0.2, 0) is 16.6 Å². The van der Waals surface area contributed by atoms with Crippen LogP contribution >= 0.6 is 22.9 Å². The van der Waals surface area contributed by atoms with E-state index in [4.69, 9.17) is 11.6 Å². The normalized spacial score (nSPS) is 11.3. The number of aryl methyl sites for hydroxylation is 1. The molecule has 6 nitrogen and oxygen atoms in total. The quantitative estimate of drug-likeness (QED) is 0.534. The Hall–Kier alpha value is -2.57. The van der Waals surface area contributed by atoms with Crippen molar-refractivity contribution in [3.63, 3.8) is 0 Å². The highest BCUT2D eigenvalue weighted by Crippen LogP contribution is 2.30. The summed E-state index contributed by atoms with van der Waals surface area (Å²) >= 11 is 7.94. The molecule has 1 heterocycles. The number of rotatable bonds is 6. The molecule has 1 aromatic heterocycles. The molecule has 0 unspecified atom stereocenters. The van der Waals surface area contributed by atoms with E-state index in [1.165, 1.54) is 22.7 Å². The van der Waals surface area contributed by atoms with Gasteiger partial charge in [-0.1, -0.05) is 42.2 Å². The maximum Gasteiger partial charge on any atom is 0.235 e. The van der Waals surface area contributed by atoms with Crippen LogP contribution in [0, 0.1) is 18.8 Å². The van der Waals surface area contributed by atoms with Crippen LogP contribution in [0.1, 0.15) is 16.1 Å². The molecule has 0 fully saturated rings. The van der Waals surface area contributed by atoms with Gasteiger partial charge in [0.15, 0.2) is 0 Å². The lowest BCUT2D eigenvalue weighted by Gasteiger charge is -2.16. The highest BCUT2D eigenvalue weighted by Gasteiger charge is 2.16. The van der Waals surface area contributed by atoms with Crippen LogP contribution in [0.15, 0.2) is 42.3 Å². The first-order chi connectivity index (χ1) is 14.2. The number of benzene rings is 2. The summed E-state index contributed by atoms with van der Waals surface area (Å²) in [5.74, 6) is 6.13. The van der Waals surface area contributed by atoms with Crippen molar-refractivity contribution in [1.82, 2.24) is 9.29 Å². The van der Waals surface area contributed by atoms with Crippen molar-refractivity contribution in [2.45, 2.75) is 13.5 Å². The van der Waals surface area contributed by atoms with Gasteiger partial charge in [-0.2, -0.15) is 4.31 Å². The lowest BCUT2D eigenvalue weighted by Crippen LogP contribution is -2.24. The Balaban J connectivity index is 1.71. The zero-order chi connectivity index (χ0) is 21.9. The number of hydrogen-bond acceptors (Lipinski definition) is 6. The summed E-state index contributed by atoms with van der Waals surface area (Å²) in [6, 6.07) is 8.86. The molecule has 0 amide bonds. The second kappa shape index (κ2) is 9.06. The highest BCUT2D eigenvalue weighted by molar-refractivity contribution is 7.91. The fourth-order valence-corrected chi connectivity index (χ4v) is 4.49. The third-order valence-electron chi connectivity index (χ3n) is 4.30. The molecule has 0 aliphatic heterocycles. The summed E-state index contributed by atoms with van der Waals surface area (Å²) in [6.45, 7) is 5.67. The summed E-state index contributed by atoms with van der Waals surface area (Å²) < 4.78 is 25.8. The molecule has 3 rings (SSSR count). The number of sulfonamides is 1. The molecule has 0 spiro atoms. The van der Waals surface area contributed by atoms with E-state index in [9.17, 15) is 13.5 Å². The second-order valence-corrected chi connectivity index (χ2v) is 10.1. The molecule has 0 saturated carbocycles. The van der Waals surface area contributed by atoms with Crippen LogP contribution in [0.3, 0.4) is 0 Å². The van der Waals surface area contributed by atoms with Gasteiger partial charge in [-0.25, -0.2) is 13.4 Å². The Morgan fingerprint density at radius 2 is 2.17 bits per heavy atom. The fraction of sp³-hybridized carbons (Fsp3) is 0.190. The van der Waals surface area contributed by atoms with Crippen molar-refractivity contribution in [3.8, 4) is 17.6 Å². The third kappa shape index (κ3) is 4.94. The van der Waals surface area contributed by atoms with Crippen molar-refractivity contribution < 1.29 is 13.5 Å². The molecule has 0 atom stereocenters. The van der Waals surface area contributed by atoms with E-state index in [1.807, 2.05) is 13.0 Å². The summed E-state index contributed by atoms with van der Waals surface area (Å²) in [4.78, 5) is 4.30. The number of nitrogens with zero attached hydrogens (tertiary/aromatic N) is 2. The number of halogens is 1. The highest BCUT2D eigenvalue weighted by atomic mass is 35.5. The van der Waals surface area contributed by atoms with Gasteiger partial charge in [-0.3, -0.25) is 0 Å². The molecule has 2 aromatic carbocycles. The molecule has 0 saturated heterocycles. The van der Waals surface area contributed by atoms with Gasteiger partial charge in [0.25, 0.3) is 0 Å². The Labute approximate surface area is 184 Å². The summed E-state index contributed by atoms with van der Waals surface area (Å²) in [7, 11) is -2.06. The van der Waals surface area contributed by atoms with E-state index >= 15 is 0 Å². The summed E-state index contributed by atoms with van der Waals surface area (Å²) in [5, 5.41) is 15.5. The van der Waals surface area contributed by atoms with Crippen molar-refractivity contribution >= 4 is 48.9 Å². The van der Waals surface area contributed by atoms with E-state index < -0.39 is 10.0 Å². The Morgan fingerprint density at radius 3 is 2.90 bits per heavy atom.